The number of thiophene rings is 1. The van der Waals surface area contributed by atoms with Crippen LogP contribution in [0.25, 0.3) is 0 Å². The largest absolute Gasteiger partial charge is 0.312 e. The number of amides is 2. The van der Waals surface area contributed by atoms with E-state index in [0.717, 1.165) is 36.2 Å². The summed E-state index contributed by atoms with van der Waals surface area (Å²) in [7, 11) is 0. The molecule has 0 unspecified atom stereocenters. The quantitative estimate of drug-likeness (QED) is 0.305. The minimum absolute atomic E-state index is 0.0113. The summed E-state index contributed by atoms with van der Waals surface area (Å²) in [5.74, 6) is -0.511. The Bertz CT molecular complexity index is 1290. The highest BCUT2D eigenvalue weighted by molar-refractivity contribution is 7.14. The third-order valence-electron chi connectivity index (χ3n) is 6.75. The van der Waals surface area contributed by atoms with Crippen molar-refractivity contribution >= 4 is 46.1 Å². The molecule has 2 amide bonds. The van der Waals surface area contributed by atoms with Gasteiger partial charge < -0.3 is 4.90 Å². The fourth-order valence-corrected chi connectivity index (χ4v) is 5.98. The molecular formula is C31H35ClN2O2S. The molecule has 6 heteroatoms. The van der Waals surface area contributed by atoms with Gasteiger partial charge in [-0.2, -0.15) is 0 Å². The van der Waals surface area contributed by atoms with Gasteiger partial charge in [0.05, 0.1) is 16.5 Å². The number of anilines is 2. The first-order valence-electron chi connectivity index (χ1n) is 12.9. The zero-order chi connectivity index (χ0) is 26.7. The lowest BCUT2D eigenvalue weighted by Crippen LogP contribution is -2.41. The van der Waals surface area contributed by atoms with Gasteiger partial charge in [0.1, 0.15) is 0 Å². The normalized spacial score (nSPS) is 15.4. The van der Waals surface area contributed by atoms with Crippen LogP contribution < -0.4 is 9.80 Å². The molecule has 0 saturated heterocycles. The van der Waals surface area contributed by atoms with Crippen LogP contribution >= 0.6 is 22.9 Å². The van der Waals surface area contributed by atoms with Gasteiger partial charge >= 0.3 is 0 Å². The average Bonchev–Trinajstić information content (AvgIpc) is 3.33. The van der Waals surface area contributed by atoms with Gasteiger partial charge in [0.2, 0.25) is 5.91 Å². The number of hydrogen-bond acceptors (Lipinski definition) is 3. The molecule has 0 radical (unpaired) electrons. The number of halogens is 1. The number of rotatable bonds is 7. The predicted molar refractivity (Wildman–Crippen MR) is 156 cm³/mol. The van der Waals surface area contributed by atoms with E-state index in [1.165, 1.54) is 4.88 Å². The van der Waals surface area contributed by atoms with Crippen molar-refractivity contribution in [2.24, 2.45) is 5.41 Å². The van der Waals surface area contributed by atoms with Crippen LogP contribution in [0.3, 0.4) is 0 Å². The Labute approximate surface area is 229 Å². The predicted octanol–water partition coefficient (Wildman–Crippen LogP) is 8.47. The van der Waals surface area contributed by atoms with Crippen LogP contribution in [0.4, 0.5) is 11.4 Å². The van der Waals surface area contributed by atoms with Crippen molar-refractivity contribution in [1.29, 1.82) is 0 Å². The number of carbonyl (C=O) groups is 2. The van der Waals surface area contributed by atoms with Gasteiger partial charge in [-0.15, -0.1) is 11.3 Å². The van der Waals surface area contributed by atoms with Crippen LogP contribution in [-0.4, -0.2) is 18.4 Å². The Balaban J connectivity index is 1.58. The summed E-state index contributed by atoms with van der Waals surface area (Å²) < 4.78 is 0. The molecule has 0 aliphatic carbocycles. The Kier molecular flexibility index (Phi) is 8.25. The minimum Gasteiger partial charge on any atom is -0.312 e. The fraction of sp³-hybridized carbons (Fsp3) is 0.355. The molecule has 1 atom stereocenters. The number of allylic oxidation sites excluding steroid dienone is 1. The van der Waals surface area contributed by atoms with Gasteiger partial charge in [-0.05, 0) is 79.6 Å². The summed E-state index contributed by atoms with van der Waals surface area (Å²) in [6.45, 7) is 13.5. The van der Waals surface area contributed by atoms with Crippen molar-refractivity contribution in [3.8, 4) is 0 Å². The molecule has 1 aliphatic rings. The average molecular weight is 535 g/mol. The van der Waals surface area contributed by atoms with Crippen LogP contribution in [0.1, 0.15) is 73.0 Å². The second kappa shape index (κ2) is 11.2. The van der Waals surface area contributed by atoms with E-state index in [-0.39, 0.29) is 11.8 Å². The van der Waals surface area contributed by atoms with Crippen LogP contribution in [0.15, 0.2) is 72.9 Å². The number of aryl methyl sites for hydroxylation is 1. The third-order valence-corrected chi connectivity index (χ3v) is 8.14. The van der Waals surface area contributed by atoms with E-state index in [1.807, 2.05) is 49.4 Å². The van der Waals surface area contributed by atoms with E-state index in [1.54, 1.807) is 33.3 Å². The number of nitrogens with zero attached hydrogens (tertiary/aromatic N) is 2. The van der Waals surface area contributed by atoms with Crippen molar-refractivity contribution in [1.82, 2.24) is 0 Å². The molecule has 37 heavy (non-hydrogen) atoms. The summed E-state index contributed by atoms with van der Waals surface area (Å²) >= 11 is 7.62. The monoisotopic (exact) mass is 534 g/mol. The lowest BCUT2D eigenvalue weighted by Gasteiger charge is -2.37. The molecule has 1 aromatic heterocycles. The van der Waals surface area contributed by atoms with Gasteiger partial charge in [0.25, 0.3) is 5.91 Å². The summed E-state index contributed by atoms with van der Waals surface area (Å²) in [5.41, 5.74) is 3.33. The number of para-hydroxylation sites is 1. The topological polar surface area (TPSA) is 40.6 Å². The molecule has 4 rings (SSSR count). The van der Waals surface area contributed by atoms with E-state index in [0.29, 0.717) is 34.0 Å². The molecule has 2 aromatic carbocycles. The van der Waals surface area contributed by atoms with E-state index in [2.05, 4.69) is 33.4 Å². The lowest BCUT2D eigenvalue weighted by atomic mass is 9.86. The second-order valence-corrected chi connectivity index (χ2v) is 12.4. The standard InChI is InChI=1S/C31H35ClN2O2S/c1-6-33(23-15-13-22(32)14-16-23)29(35)26-20-21(2)34(27-12-8-7-11-25(26)27)30(36)28-18-17-24(37-28)10-9-19-31(3,4)5/h7-8,11-18,26H,2,6,9-10,19-20H2,1,3-5H3/t26-/m0/s1. The van der Waals surface area contributed by atoms with Crippen LogP contribution in [-0.2, 0) is 11.2 Å². The van der Waals surface area contributed by atoms with Gasteiger partial charge in [0, 0.05) is 34.2 Å². The number of fused-ring (bicyclic) bond motifs is 1. The lowest BCUT2D eigenvalue weighted by molar-refractivity contribution is -0.120. The summed E-state index contributed by atoms with van der Waals surface area (Å²) in [5, 5.41) is 0.628. The van der Waals surface area contributed by atoms with Crippen molar-refractivity contribution in [2.75, 3.05) is 16.3 Å². The van der Waals surface area contributed by atoms with E-state index >= 15 is 0 Å². The van der Waals surface area contributed by atoms with Crippen molar-refractivity contribution < 1.29 is 9.59 Å². The van der Waals surface area contributed by atoms with E-state index < -0.39 is 5.92 Å². The zero-order valence-electron chi connectivity index (χ0n) is 22.1. The highest BCUT2D eigenvalue weighted by Gasteiger charge is 2.37. The van der Waals surface area contributed by atoms with Gasteiger partial charge in [-0.25, -0.2) is 0 Å². The van der Waals surface area contributed by atoms with Gasteiger partial charge in [-0.3, -0.25) is 14.5 Å². The first kappa shape index (κ1) is 27.2. The molecule has 4 nitrogen and oxygen atoms in total. The first-order valence-corrected chi connectivity index (χ1v) is 14.1. The summed E-state index contributed by atoms with van der Waals surface area (Å²) in [6, 6.07) is 19.0. The van der Waals surface area contributed by atoms with Crippen LogP contribution in [0, 0.1) is 5.41 Å². The Morgan fingerprint density at radius 2 is 1.78 bits per heavy atom. The maximum Gasteiger partial charge on any atom is 0.272 e. The zero-order valence-corrected chi connectivity index (χ0v) is 23.7. The maximum atomic E-state index is 13.8. The molecule has 1 aliphatic heterocycles. The van der Waals surface area contributed by atoms with Gasteiger partial charge in [-0.1, -0.05) is 57.2 Å². The molecule has 0 N–H and O–H groups in total. The molecule has 3 aromatic rings. The number of hydrogen-bond donors (Lipinski definition) is 0. The molecule has 0 bridgehead atoms. The number of benzene rings is 2. The highest BCUT2D eigenvalue weighted by atomic mass is 35.5. The van der Waals surface area contributed by atoms with Crippen molar-refractivity contribution in [2.45, 2.75) is 59.3 Å². The van der Waals surface area contributed by atoms with Crippen LogP contribution in [0.5, 0.6) is 0 Å². The van der Waals surface area contributed by atoms with Gasteiger partial charge in [0.15, 0.2) is 0 Å². The number of carbonyl (C=O) groups excluding carboxylic acids is 2. The molecule has 2 heterocycles. The fourth-order valence-electron chi connectivity index (χ4n) is 4.87. The van der Waals surface area contributed by atoms with Crippen LogP contribution in [0.2, 0.25) is 5.02 Å². The molecule has 0 spiro atoms. The number of likely N-dealkylation sites (N-methyl/N-ethyl adjacent to an activating group) is 1. The minimum atomic E-state index is -0.417. The first-order chi connectivity index (χ1) is 17.6. The maximum absolute atomic E-state index is 13.8. The Morgan fingerprint density at radius 3 is 2.46 bits per heavy atom. The summed E-state index contributed by atoms with van der Waals surface area (Å²) in [6.07, 6.45) is 3.60. The highest BCUT2D eigenvalue weighted by Crippen LogP contribution is 2.42. The Hall–Kier alpha value is -2.89. The smallest absolute Gasteiger partial charge is 0.272 e. The second-order valence-electron chi connectivity index (χ2n) is 10.8. The molecule has 194 valence electrons. The van der Waals surface area contributed by atoms with Crippen molar-refractivity contribution in [3.63, 3.8) is 0 Å². The molecular weight excluding hydrogens is 500 g/mol. The Morgan fingerprint density at radius 1 is 1.08 bits per heavy atom. The summed E-state index contributed by atoms with van der Waals surface area (Å²) in [4.78, 5) is 32.9. The third kappa shape index (κ3) is 6.16. The molecule has 0 fully saturated rings. The van der Waals surface area contributed by atoms with E-state index in [4.69, 9.17) is 11.6 Å². The van der Waals surface area contributed by atoms with E-state index in [9.17, 15) is 9.59 Å². The SMILES string of the molecule is C=C1C[C@H](C(=O)N(CC)c2ccc(Cl)cc2)c2ccccc2N1C(=O)c1ccc(CCCC(C)(C)C)s1. The molecule has 0 saturated carbocycles. The van der Waals surface area contributed by atoms with Crippen molar-refractivity contribution in [3.05, 3.63) is 93.3 Å².